The van der Waals surface area contributed by atoms with Crippen LogP contribution >= 0.6 is 11.3 Å². The number of hydrogen-bond donors (Lipinski definition) is 2. The summed E-state index contributed by atoms with van der Waals surface area (Å²) >= 11 is 0.730. The third kappa shape index (κ3) is 3.72. The Kier molecular flexibility index (Phi) is 4.84. The number of nitro groups is 1. The Bertz CT molecular complexity index is 626. The van der Waals surface area contributed by atoms with E-state index in [0.717, 1.165) is 49.5 Å². The molecule has 21 heavy (non-hydrogen) atoms. The minimum absolute atomic E-state index is 0.0886. The van der Waals surface area contributed by atoms with Crippen LogP contribution in [-0.2, 0) is 10.0 Å². The van der Waals surface area contributed by atoms with E-state index >= 15 is 0 Å². The highest BCUT2D eigenvalue weighted by atomic mass is 32.2. The van der Waals surface area contributed by atoms with Crippen molar-refractivity contribution in [1.29, 1.82) is 0 Å². The highest BCUT2D eigenvalue weighted by Crippen LogP contribution is 2.35. The Balaban J connectivity index is 2.21. The number of sulfonamides is 1. The molecule has 0 aliphatic heterocycles. The van der Waals surface area contributed by atoms with E-state index in [0.29, 0.717) is 0 Å². The molecule has 9 heteroatoms. The van der Waals surface area contributed by atoms with Crippen LogP contribution in [0.5, 0.6) is 0 Å². The third-order valence-corrected chi connectivity index (χ3v) is 6.76. The summed E-state index contributed by atoms with van der Waals surface area (Å²) in [7, 11) is -3.76. The number of nitrogen functional groups attached to an aromatic ring is 1. The zero-order valence-electron chi connectivity index (χ0n) is 11.7. The van der Waals surface area contributed by atoms with Crippen LogP contribution in [0.1, 0.15) is 39.0 Å². The molecule has 118 valence electrons. The molecule has 0 saturated heterocycles. The zero-order chi connectivity index (χ0) is 15.6. The van der Waals surface area contributed by atoms with Gasteiger partial charge in [-0.05, 0) is 18.8 Å². The molecule has 7 nitrogen and oxygen atoms in total. The van der Waals surface area contributed by atoms with Crippen LogP contribution in [0.4, 0.5) is 10.7 Å². The first-order chi connectivity index (χ1) is 9.81. The Labute approximate surface area is 127 Å². The lowest BCUT2D eigenvalue weighted by molar-refractivity contribution is -0.383. The number of nitrogens with zero attached hydrogens (tertiary/aromatic N) is 1. The standard InChI is InChI=1S/C12H19N3O4S2/c1-8-5-3-2-4-6-9(8)14-21(18,19)11-7-10(15(16)17)12(13)20-11/h7-9,14H,2-6,13H2,1H3. The van der Waals surface area contributed by atoms with Crippen molar-refractivity contribution in [2.75, 3.05) is 5.73 Å². The normalized spacial score (nSPS) is 23.7. The molecule has 2 rings (SSSR count). The van der Waals surface area contributed by atoms with Crippen molar-refractivity contribution < 1.29 is 13.3 Å². The van der Waals surface area contributed by atoms with Gasteiger partial charge in [0.2, 0.25) is 0 Å². The maximum Gasteiger partial charge on any atom is 0.304 e. The van der Waals surface area contributed by atoms with Crippen LogP contribution in [0.15, 0.2) is 10.3 Å². The highest BCUT2D eigenvalue weighted by molar-refractivity contribution is 7.91. The topological polar surface area (TPSA) is 115 Å². The quantitative estimate of drug-likeness (QED) is 0.499. The number of thiophene rings is 1. The molecule has 1 fully saturated rings. The van der Waals surface area contributed by atoms with E-state index in [-0.39, 0.29) is 26.9 Å². The largest absolute Gasteiger partial charge is 0.385 e. The van der Waals surface area contributed by atoms with E-state index in [9.17, 15) is 18.5 Å². The molecule has 3 N–H and O–H groups in total. The van der Waals surface area contributed by atoms with Crippen molar-refractivity contribution in [1.82, 2.24) is 4.72 Å². The molecule has 1 heterocycles. The first-order valence-electron chi connectivity index (χ1n) is 6.87. The molecule has 1 aliphatic rings. The van der Waals surface area contributed by atoms with Crippen molar-refractivity contribution in [2.24, 2.45) is 5.92 Å². The van der Waals surface area contributed by atoms with Crippen molar-refractivity contribution >= 4 is 32.0 Å². The molecular formula is C12H19N3O4S2. The van der Waals surface area contributed by atoms with Crippen LogP contribution in [0, 0.1) is 16.0 Å². The number of anilines is 1. The maximum absolute atomic E-state index is 12.4. The SMILES string of the molecule is CC1CCCCCC1NS(=O)(=O)c1cc([N+](=O)[O-])c(N)s1. The molecule has 2 atom stereocenters. The van der Waals surface area contributed by atoms with Crippen molar-refractivity contribution in [3.05, 3.63) is 16.2 Å². The average molecular weight is 333 g/mol. The highest BCUT2D eigenvalue weighted by Gasteiger charge is 2.29. The molecule has 1 saturated carbocycles. The second-order valence-corrected chi connectivity index (χ2v) is 8.44. The minimum Gasteiger partial charge on any atom is -0.385 e. The predicted octanol–water partition coefficient (Wildman–Crippen LogP) is 2.49. The Morgan fingerprint density at radius 2 is 2.05 bits per heavy atom. The smallest absolute Gasteiger partial charge is 0.304 e. The fourth-order valence-electron chi connectivity index (χ4n) is 2.57. The molecule has 0 amide bonds. The summed E-state index contributed by atoms with van der Waals surface area (Å²) < 4.78 is 27.3. The number of rotatable bonds is 4. The van der Waals surface area contributed by atoms with Crippen LogP contribution in [0.25, 0.3) is 0 Å². The van der Waals surface area contributed by atoms with Gasteiger partial charge in [0.25, 0.3) is 10.0 Å². The maximum atomic E-state index is 12.4. The second kappa shape index (κ2) is 6.29. The number of nitrogens with one attached hydrogen (secondary N) is 1. The molecule has 2 unspecified atom stereocenters. The first-order valence-corrected chi connectivity index (χ1v) is 9.17. The molecule has 1 aliphatic carbocycles. The van der Waals surface area contributed by atoms with Gasteiger partial charge in [0.1, 0.15) is 4.21 Å². The molecule has 1 aromatic rings. The van der Waals surface area contributed by atoms with Gasteiger partial charge in [0.15, 0.2) is 5.00 Å². The fourth-order valence-corrected chi connectivity index (χ4v) is 5.18. The minimum atomic E-state index is -3.76. The fraction of sp³-hybridized carbons (Fsp3) is 0.667. The molecule has 0 spiro atoms. The van der Waals surface area contributed by atoms with Crippen molar-refractivity contribution in [2.45, 2.75) is 49.3 Å². The van der Waals surface area contributed by atoms with Gasteiger partial charge >= 0.3 is 5.69 Å². The Hall–Kier alpha value is -1.19. The zero-order valence-corrected chi connectivity index (χ0v) is 13.4. The molecule has 0 aromatic carbocycles. The van der Waals surface area contributed by atoms with Crippen molar-refractivity contribution in [3.8, 4) is 0 Å². The molecular weight excluding hydrogens is 314 g/mol. The summed E-state index contributed by atoms with van der Waals surface area (Å²) in [5.41, 5.74) is 5.16. The van der Waals surface area contributed by atoms with E-state index in [2.05, 4.69) is 4.72 Å². The third-order valence-electron chi connectivity index (χ3n) is 3.85. The van der Waals surface area contributed by atoms with Gasteiger partial charge in [0, 0.05) is 12.1 Å². The van der Waals surface area contributed by atoms with Gasteiger partial charge in [-0.25, -0.2) is 13.1 Å². The van der Waals surface area contributed by atoms with E-state index in [1.165, 1.54) is 0 Å². The summed E-state index contributed by atoms with van der Waals surface area (Å²) in [5, 5.41) is 10.7. The van der Waals surface area contributed by atoms with Crippen LogP contribution < -0.4 is 10.5 Å². The summed E-state index contributed by atoms with van der Waals surface area (Å²) in [4.78, 5) is 10.1. The van der Waals surface area contributed by atoms with Gasteiger partial charge in [-0.1, -0.05) is 37.5 Å². The summed E-state index contributed by atoms with van der Waals surface area (Å²) in [6.07, 6.45) is 4.99. The monoisotopic (exact) mass is 333 g/mol. The Morgan fingerprint density at radius 1 is 1.38 bits per heavy atom. The molecule has 1 aromatic heterocycles. The lowest BCUT2D eigenvalue weighted by Gasteiger charge is -2.22. The van der Waals surface area contributed by atoms with E-state index in [1.54, 1.807) is 0 Å². The van der Waals surface area contributed by atoms with Gasteiger partial charge in [-0.2, -0.15) is 0 Å². The lowest BCUT2D eigenvalue weighted by Crippen LogP contribution is -2.38. The van der Waals surface area contributed by atoms with Crippen LogP contribution in [-0.4, -0.2) is 19.4 Å². The van der Waals surface area contributed by atoms with E-state index < -0.39 is 14.9 Å². The lowest BCUT2D eigenvalue weighted by atomic mass is 9.98. The summed E-state index contributed by atoms with van der Waals surface area (Å²) in [6.45, 7) is 2.03. The Morgan fingerprint density at radius 3 is 2.67 bits per heavy atom. The van der Waals surface area contributed by atoms with Gasteiger partial charge < -0.3 is 5.73 Å². The molecule has 0 bridgehead atoms. The van der Waals surface area contributed by atoms with E-state index in [4.69, 9.17) is 5.73 Å². The predicted molar refractivity (Wildman–Crippen MR) is 81.7 cm³/mol. The summed E-state index contributed by atoms with van der Waals surface area (Å²) in [5.74, 6) is 0.259. The summed E-state index contributed by atoms with van der Waals surface area (Å²) in [6, 6.07) is 0.906. The average Bonchev–Trinajstić information content (AvgIpc) is 2.69. The van der Waals surface area contributed by atoms with Gasteiger partial charge in [0.05, 0.1) is 4.92 Å². The van der Waals surface area contributed by atoms with Gasteiger partial charge in [-0.15, -0.1) is 0 Å². The number of nitrogens with two attached hydrogens (primary N) is 1. The first kappa shape index (κ1) is 16.2. The van der Waals surface area contributed by atoms with Gasteiger partial charge in [-0.3, -0.25) is 10.1 Å². The van der Waals surface area contributed by atoms with E-state index in [1.807, 2.05) is 6.92 Å². The van der Waals surface area contributed by atoms with Crippen molar-refractivity contribution in [3.63, 3.8) is 0 Å². The number of hydrogen-bond acceptors (Lipinski definition) is 6. The molecule has 0 radical (unpaired) electrons. The van der Waals surface area contributed by atoms with Crippen LogP contribution in [0.2, 0.25) is 0 Å². The van der Waals surface area contributed by atoms with Crippen LogP contribution in [0.3, 0.4) is 0 Å². The second-order valence-electron chi connectivity index (χ2n) is 5.42.